The van der Waals surface area contributed by atoms with Gasteiger partial charge in [-0.2, -0.15) is 0 Å². The van der Waals surface area contributed by atoms with Gasteiger partial charge in [0.1, 0.15) is 0 Å². The van der Waals surface area contributed by atoms with E-state index in [4.69, 9.17) is 0 Å². The van der Waals surface area contributed by atoms with Gasteiger partial charge >= 0.3 is 0 Å². The molecule has 0 N–H and O–H groups in total. The molecule has 1 heteroatoms. The van der Waals surface area contributed by atoms with E-state index < -0.39 is 8.07 Å². The summed E-state index contributed by atoms with van der Waals surface area (Å²) in [5, 5.41) is 4.64. The Bertz CT molecular complexity index is 1150. The minimum absolute atomic E-state index is 0.514. The maximum atomic E-state index is 2.57. The summed E-state index contributed by atoms with van der Waals surface area (Å²) < 4.78 is 0. The van der Waals surface area contributed by atoms with Crippen molar-refractivity contribution in [3.05, 3.63) is 117 Å². The third kappa shape index (κ3) is 5.80. The molecular weight excluding hydrogens is 485 g/mol. The van der Waals surface area contributed by atoms with Gasteiger partial charge in [-0.1, -0.05) is 128 Å². The van der Waals surface area contributed by atoms with Crippen LogP contribution in [0.1, 0.15) is 88.8 Å². The molecule has 0 fully saturated rings. The summed E-state index contributed by atoms with van der Waals surface area (Å²) in [5.74, 6) is 0.514. The Hall–Kier alpha value is -2.64. The van der Waals surface area contributed by atoms with Crippen molar-refractivity contribution in [1.82, 2.24) is 0 Å². The van der Waals surface area contributed by atoms with Crippen LogP contribution in [0.5, 0.6) is 0 Å². The van der Waals surface area contributed by atoms with Crippen molar-refractivity contribution >= 4 is 23.6 Å². The molecular formula is C38H49Si. The largest absolute Gasteiger partial charge is 0.162 e. The number of hydrogen-bond acceptors (Lipinski definition) is 0. The zero-order valence-corrected chi connectivity index (χ0v) is 26.7. The lowest BCUT2D eigenvalue weighted by Crippen LogP contribution is -2.70. The molecule has 1 radical (unpaired) electrons. The van der Waals surface area contributed by atoms with Crippen LogP contribution in [0.25, 0.3) is 0 Å². The second-order valence-electron chi connectivity index (χ2n) is 11.6. The van der Waals surface area contributed by atoms with Crippen LogP contribution in [-0.2, 0) is 38.5 Å². The van der Waals surface area contributed by atoms with Crippen LogP contribution in [0.15, 0.2) is 78.4 Å². The predicted octanol–water partition coefficient (Wildman–Crippen LogP) is 7.80. The van der Waals surface area contributed by atoms with Crippen molar-refractivity contribution in [2.45, 2.75) is 93.9 Å². The van der Waals surface area contributed by atoms with Gasteiger partial charge in [-0.3, -0.25) is 0 Å². The van der Waals surface area contributed by atoms with Crippen molar-refractivity contribution in [3.8, 4) is 0 Å². The first kappa shape index (κ1) is 29.3. The van der Waals surface area contributed by atoms with Crippen molar-refractivity contribution in [2.75, 3.05) is 0 Å². The molecule has 0 atom stereocenters. The smallest absolute Gasteiger partial charge is 0.0750 e. The fourth-order valence-electron chi connectivity index (χ4n) is 6.22. The van der Waals surface area contributed by atoms with Gasteiger partial charge in [-0.25, -0.2) is 0 Å². The van der Waals surface area contributed by atoms with E-state index in [9.17, 15) is 0 Å². The van der Waals surface area contributed by atoms with Gasteiger partial charge in [0, 0.05) is 5.54 Å². The number of rotatable bonds is 11. The highest BCUT2D eigenvalue weighted by Gasteiger charge is 2.47. The Morgan fingerprint density at radius 1 is 0.462 bits per heavy atom. The Labute approximate surface area is 240 Å². The number of allylic oxidation sites excluding steroid dienone is 4. The summed E-state index contributed by atoms with van der Waals surface area (Å²) in [7, 11) is -2.61. The van der Waals surface area contributed by atoms with E-state index in [0.717, 1.165) is 38.5 Å². The normalized spacial score (nSPS) is 13.9. The summed E-state index contributed by atoms with van der Waals surface area (Å²) in [5.41, 5.74) is 11.7. The van der Waals surface area contributed by atoms with E-state index in [1.54, 1.807) is 15.6 Å². The fraction of sp³-hybridized carbons (Fsp3) is 0.395. The molecule has 1 aliphatic rings. The maximum Gasteiger partial charge on any atom is 0.162 e. The van der Waals surface area contributed by atoms with Crippen LogP contribution in [0.4, 0.5) is 0 Å². The molecule has 0 aliphatic heterocycles. The summed E-state index contributed by atoms with van der Waals surface area (Å²) >= 11 is 0. The van der Waals surface area contributed by atoms with Crippen molar-refractivity contribution in [1.29, 1.82) is 0 Å². The van der Waals surface area contributed by atoms with Crippen molar-refractivity contribution < 1.29 is 0 Å². The van der Waals surface area contributed by atoms with Crippen LogP contribution in [0.2, 0.25) is 0 Å². The molecule has 0 unspecified atom stereocenters. The van der Waals surface area contributed by atoms with E-state index in [-0.39, 0.29) is 0 Å². The molecule has 205 valence electrons. The Morgan fingerprint density at radius 3 is 1.00 bits per heavy atom. The molecule has 3 aromatic rings. The minimum Gasteiger partial charge on any atom is -0.0750 e. The molecule has 0 amide bonds. The summed E-state index contributed by atoms with van der Waals surface area (Å²) in [6.07, 6.45) is 13.8. The summed E-state index contributed by atoms with van der Waals surface area (Å²) in [6.45, 7) is 18.5. The molecule has 0 saturated heterocycles. The Balaban J connectivity index is 2.22. The number of benzene rings is 3. The monoisotopic (exact) mass is 533 g/mol. The minimum atomic E-state index is -2.61. The molecule has 0 spiro atoms. The van der Waals surface area contributed by atoms with E-state index in [1.807, 2.05) is 0 Å². The van der Waals surface area contributed by atoms with Gasteiger partial charge in [0.25, 0.3) is 0 Å². The average molecular weight is 534 g/mol. The van der Waals surface area contributed by atoms with Crippen LogP contribution >= 0.6 is 0 Å². The van der Waals surface area contributed by atoms with Gasteiger partial charge in [0.15, 0.2) is 8.07 Å². The second kappa shape index (κ2) is 12.7. The van der Waals surface area contributed by atoms with Gasteiger partial charge in [0.2, 0.25) is 0 Å². The molecule has 0 nitrogen and oxygen atoms in total. The van der Waals surface area contributed by atoms with Crippen LogP contribution < -0.4 is 15.6 Å². The predicted molar refractivity (Wildman–Crippen MR) is 176 cm³/mol. The quantitative estimate of drug-likeness (QED) is 0.174. The first-order valence-electron chi connectivity index (χ1n) is 15.5. The first-order chi connectivity index (χ1) is 18.8. The lowest BCUT2D eigenvalue weighted by molar-refractivity contribution is 0.794. The molecule has 1 aliphatic carbocycles. The van der Waals surface area contributed by atoms with E-state index in [0.29, 0.717) is 5.92 Å². The SMILES string of the molecule is CCc1cc(CC)cc([Si]([C]2C=CC(C(C)C)=C2)(c2cc(CC)cc(CC)c2)c2cc(CC)cc(CC)c2)c1. The lowest BCUT2D eigenvalue weighted by atomic mass is 10.1. The average Bonchev–Trinajstić information content (AvgIpc) is 3.47. The van der Waals surface area contributed by atoms with Gasteiger partial charge in [0.05, 0.1) is 0 Å². The zero-order chi connectivity index (χ0) is 28.2. The highest BCUT2D eigenvalue weighted by atomic mass is 28.3. The zero-order valence-electron chi connectivity index (χ0n) is 25.7. The molecule has 4 rings (SSSR count). The fourth-order valence-corrected chi connectivity index (χ4v) is 11.3. The van der Waals surface area contributed by atoms with E-state index in [1.165, 1.54) is 44.5 Å². The number of hydrogen-bond donors (Lipinski definition) is 0. The van der Waals surface area contributed by atoms with Crippen molar-refractivity contribution in [3.63, 3.8) is 0 Å². The number of aryl methyl sites for hydroxylation is 6. The third-order valence-electron chi connectivity index (χ3n) is 8.78. The molecule has 3 aromatic carbocycles. The van der Waals surface area contributed by atoms with Gasteiger partial charge in [-0.05, 0) is 99.0 Å². The lowest BCUT2D eigenvalue weighted by Gasteiger charge is -2.39. The van der Waals surface area contributed by atoms with E-state index in [2.05, 4.69) is 128 Å². The van der Waals surface area contributed by atoms with Gasteiger partial charge in [-0.15, -0.1) is 0 Å². The first-order valence-corrected chi connectivity index (χ1v) is 17.5. The van der Waals surface area contributed by atoms with Crippen LogP contribution in [-0.4, -0.2) is 8.07 Å². The topological polar surface area (TPSA) is 0 Å². The van der Waals surface area contributed by atoms with Gasteiger partial charge < -0.3 is 0 Å². The molecule has 0 saturated carbocycles. The highest BCUT2D eigenvalue weighted by molar-refractivity contribution is 7.15. The molecule has 0 heterocycles. The molecule has 39 heavy (non-hydrogen) atoms. The second-order valence-corrected chi connectivity index (χ2v) is 15.4. The van der Waals surface area contributed by atoms with E-state index >= 15 is 0 Å². The third-order valence-corrected chi connectivity index (χ3v) is 13.4. The van der Waals surface area contributed by atoms with Crippen molar-refractivity contribution in [2.24, 2.45) is 5.92 Å². The van der Waals surface area contributed by atoms with Crippen LogP contribution in [0.3, 0.4) is 0 Å². The highest BCUT2D eigenvalue weighted by Crippen LogP contribution is 2.33. The van der Waals surface area contributed by atoms with Crippen LogP contribution in [0, 0.1) is 11.5 Å². The Kier molecular flexibility index (Phi) is 9.54. The summed E-state index contributed by atoms with van der Waals surface area (Å²) in [4.78, 5) is 0. The molecule has 0 bridgehead atoms. The standard InChI is InChI=1S/C38H49Si/c1-9-28-17-29(10-2)21-36(20-28)39(35-16-15-34(26-35)27(7)8,37-22-30(11-3)18-31(12-4)23-37)38-24-32(13-5)19-33(14-6)25-38/h15-27H,9-14H2,1-8H3. The maximum absolute atomic E-state index is 2.61. The molecule has 0 aromatic heterocycles. The summed E-state index contributed by atoms with van der Waals surface area (Å²) in [6, 6.07) is 22.7. The Morgan fingerprint density at radius 2 is 0.769 bits per heavy atom.